The molecule has 5 aromatic rings. The number of nitrogens with one attached hydrogen (secondary N) is 4. The number of hydrogen-bond acceptors (Lipinski definition) is 13. The summed E-state index contributed by atoms with van der Waals surface area (Å²) < 4.78 is 67.0. The standard InChI is InChI=1S/C15H17BrN4O6S.C15H15BrN4O5S/c1-7(21)18-19-15(23)13-12(14(22)17-2)8-5-9(16)10(6-11(8)26-13)20(3)27(4,24)25;1-7-18-19-15(24-7)13-12(14(21)17-2)8-5-9(16)10(6-11(8)25-13)20(3)26(4,22)23/h5-6H,1-4H3,(H,17,22)(H,18,21)(H,19,23);5-6H,1-4H3,(H,17,21). The van der Waals surface area contributed by atoms with Crippen molar-refractivity contribution in [2.75, 3.05) is 49.3 Å². The van der Waals surface area contributed by atoms with Crippen molar-refractivity contribution in [3.05, 3.63) is 56.0 Å². The van der Waals surface area contributed by atoms with E-state index in [1.54, 1.807) is 13.0 Å². The number of rotatable bonds is 8. The number of halogens is 2. The third-order valence-electron chi connectivity index (χ3n) is 7.38. The van der Waals surface area contributed by atoms with E-state index in [1.165, 1.54) is 53.3 Å². The zero-order valence-electron chi connectivity index (χ0n) is 29.2. The topological polar surface area (TPSA) is 256 Å². The van der Waals surface area contributed by atoms with Crippen molar-refractivity contribution in [1.29, 1.82) is 0 Å². The number of anilines is 2. The number of aryl methyl sites for hydroxylation is 1. The summed E-state index contributed by atoms with van der Waals surface area (Å²) in [5.41, 5.74) is 5.46. The Balaban J connectivity index is 0.000000237. The van der Waals surface area contributed by atoms with Crippen molar-refractivity contribution in [2.45, 2.75) is 13.8 Å². The minimum absolute atomic E-state index is 0.0513. The SMILES string of the molecule is CNC(=O)c1c(-c2nnc(C)o2)oc2cc(N(C)S(C)(=O)=O)c(Br)cc12.CNC(=O)c1c(C(=O)NNC(C)=O)oc2cc(N(C)S(C)(=O)=O)c(Br)cc12. The molecule has 0 saturated carbocycles. The first-order chi connectivity index (χ1) is 24.6. The van der Waals surface area contributed by atoms with Gasteiger partial charge < -0.3 is 23.9 Å². The molecule has 0 spiro atoms. The fraction of sp³-hybridized carbons (Fsp3) is 0.267. The van der Waals surface area contributed by atoms with Gasteiger partial charge in [0.2, 0.25) is 43.4 Å². The average Bonchev–Trinajstić information content (AvgIpc) is 3.79. The maximum Gasteiger partial charge on any atom is 0.306 e. The van der Waals surface area contributed by atoms with Crippen molar-refractivity contribution < 1.29 is 49.3 Å². The molecule has 2 aromatic carbocycles. The first-order valence-electron chi connectivity index (χ1n) is 14.8. The minimum atomic E-state index is -3.55. The molecule has 23 heteroatoms. The molecule has 3 heterocycles. The number of carbonyl (C=O) groups is 4. The Morgan fingerprint density at radius 1 is 0.698 bits per heavy atom. The summed E-state index contributed by atoms with van der Waals surface area (Å²) in [5.74, 6) is -2.16. The van der Waals surface area contributed by atoms with Crippen LogP contribution in [0.25, 0.3) is 33.6 Å². The molecule has 0 aliphatic rings. The van der Waals surface area contributed by atoms with E-state index in [1.807, 2.05) is 0 Å². The first kappa shape index (κ1) is 40.8. The quantitative estimate of drug-likeness (QED) is 0.164. The smallest absolute Gasteiger partial charge is 0.306 e. The lowest BCUT2D eigenvalue weighted by Gasteiger charge is -2.18. The molecule has 0 atom stereocenters. The van der Waals surface area contributed by atoms with Gasteiger partial charge >= 0.3 is 5.91 Å². The molecule has 0 aliphatic carbocycles. The van der Waals surface area contributed by atoms with E-state index >= 15 is 0 Å². The highest BCUT2D eigenvalue weighted by molar-refractivity contribution is 9.11. The summed E-state index contributed by atoms with van der Waals surface area (Å²) in [5, 5.41) is 13.4. The molecule has 19 nitrogen and oxygen atoms in total. The van der Waals surface area contributed by atoms with Gasteiger partial charge in [-0.25, -0.2) is 16.8 Å². The van der Waals surface area contributed by atoms with Crippen LogP contribution in [0, 0.1) is 6.92 Å². The number of sulfonamides is 2. The highest BCUT2D eigenvalue weighted by atomic mass is 79.9. The van der Waals surface area contributed by atoms with Crippen LogP contribution in [0.15, 0.2) is 46.5 Å². The highest BCUT2D eigenvalue weighted by Gasteiger charge is 2.29. The molecule has 0 aliphatic heterocycles. The second kappa shape index (κ2) is 15.5. The number of carbonyl (C=O) groups excluding carboxylic acids is 4. The van der Waals surface area contributed by atoms with Gasteiger partial charge in [-0.3, -0.25) is 38.6 Å². The maximum absolute atomic E-state index is 12.4. The van der Waals surface area contributed by atoms with Gasteiger partial charge in [-0.1, -0.05) is 0 Å². The van der Waals surface area contributed by atoms with Crippen molar-refractivity contribution >= 4 is 109 Å². The highest BCUT2D eigenvalue weighted by Crippen LogP contribution is 2.39. The van der Waals surface area contributed by atoms with E-state index in [0.717, 1.165) is 21.1 Å². The van der Waals surface area contributed by atoms with Crippen LogP contribution in [0.4, 0.5) is 11.4 Å². The summed E-state index contributed by atoms with van der Waals surface area (Å²) in [4.78, 5) is 48.0. The summed E-state index contributed by atoms with van der Waals surface area (Å²) in [6.07, 6.45) is 2.13. The second-order valence-electron chi connectivity index (χ2n) is 11.1. The molecule has 0 radical (unpaired) electrons. The molecule has 5 rings (SSSR count). The lowest BCUT2D eigenvalue weighted by atomic mass is 10.1. The molecule has 4 amide bonds. The Labute approximate surface area is 319 Å². The van der Waals surface area contributed by atoms with Crippen LogP contribution in [-0.4, -0.2) is 91.4 Å². The largest absolute Gasteiger partial charge is 0.450 e. The molecule has 4 N–H and O–H groups in total. The predicted octanol–water partition coefficient (Wildman–Crippen LogP) is 3.04. The Morgan fingerprint density at radius 2 is 1.17 bits per heavy atom. The van der Waals surface area contributed by atoms with Crippen LogP contribution in [0.2, 0.25) is 0 Å². The van der Waals surface area contributed by atoms with Gasteiger partial charge in [0.15, 0.2) is 0 Å². The van der Waals surface area contributed by atoms with Crippen LogP contribution in [0.5, 0.6) is 0 Å². The maximum atomic E-state index is 12.4. The van der Waals surface area contributed by atoms with E-state index in [4.69, 9.17) is 13.3 Å². The number of amides is 4. The predicted molar refractivity (Wildman–Crippen MR) is 200 cm³/mol. The van der Waals surface area contributed by atoms with Gasteiger partial charge in [0.1, 0.15) is 11.2 Å². The van der Waals surface area contributed by atoms with Crippen LogP contribution in [-0.2, 0) is 24.8 Å². The lowest BCUT2D eigenvalue weighted by molar-refractivity contribution is -0.119. The van der Waals surface area contributed by atoms with E-state index in [2.05, 4.69) is 63.5 Å². The van der Waals surface area contributed by atoms with Crippen LogP contribution < -0.4 is 30.1 Å². The van der Waals surface area contributed by atoms with Crippen LogP contribution >= 0.6 is 31.9 Å². The van der Waals surface area contributed by atoms with Crippen molar-refractivity contribution in [1.82, 2.24) is 31.7 Å². The molecule has 0 saturated heterocycles. The van der Waals surface area contributed by atoms with Crippen molar-refractivity contribution in [3.8, 4) is 11.7 Å². The van der Waals surface area contributed by atoms with Gasteiger partial charge in [-0.15, -0.1) is 10.2 Å². The van der Waals surface area contributed by atoms with Gasteiger partial charge in [-0.05, 0) is 44.0 Å². The summed E-state index contributed by atoms with van der Waals surface area (Å²) in [6, 6.07) is 6.02. The third-order valence-corrected chi connectivity index (χ3v) is 11.0. The third kappa shape index (κ3) is 8.63. The zero-order chi connectivity index (χ0) is 39.7. The van der Waals surface area contributed by atoms with Crippen molar-refractivity contribution in [2.24, 2.45) is 0 Å². The second-order valence-corrected chi connectivity index (χ2v) is 16.8. The van der Waals surface area contributed by atoms with Crippen LogP contribution in [0.3, 0.4) is 0 Å². The molecule has 0 fully saturated rings. The van der Waals surface area contributed by atoms with Gasteiger partial charge in [-0.2, -0.15) is 0 Å². The Hall–Kier alpha value is -5.00. The number of fused-ring (bicyclic) bond motifs is 2. The number of benzene rings is 2. The van der Waals surface area contributed by atoms with Gasteiger partial charge in [0.25, 0.3) is 17.7 Å². The van der Waals surface area contributed by atoms with Crippen molar-refractivity contribution in [3.63, 3.8) is 0 Å². The first-order valence-corrected chi connectivity index (χ1v) is 20.1. The molecule has 53 heavy (non-hydrogen) atoms. The number of nitrogens with zero attached hydrogens (tertiary/aromatic N) is 4. The fourth-order valence-corrected chi connectivity index (χ4v) is 7.12. The number of aromatic nitrogens is 2. The molecular weight excluding hydrogens is 872 g/mol. The van der Waals surface area contributed by atoms with Gasteiger partial charge in [0, 0.05) is 73.9 Å². The molecular formula is C30H32Br2N8O11S2. The van der Waals surface area contributed by atoms with Crippen LogP contribution in [0.1, 0.15) is 44.1 Å². The Kier molecular flexibility index (Phi) is 12.0. The Bertz CT molecular complexity index is 2510. The monoisotopic (exact) mass is 902 g/mol. The normalized spacial score (nSPS) is 11.4. The average molecular weight is 905 g/mol. The minimum Gasteiger partial charge on any atom is -0.450 e. The van der Waals surface area contributed by atoms with E-state index in [9.17, 15) is 36.0 Å². The molecule has 0 unspecified atom stereocenters. The number of hydrogen-bond donors (Lipinski definition) is 4. The fourth-order valence-electron chi connectivity index (χ4n) is 4.65. The molecule has 3 aromatic heterocycles. The van der Waals surface area contributed by atoms with Gasteiger partial charge in [0.05, 0.1) is 35.0 Å². The van der Waals surface area contributed by atoms with E-state index < -0.39 is 43.7 Å². The number of furan rings is 2. The van der Waals surface area contributed by atoms with E-state index in [0.29, 0.717) is 36.9 Å². The molecule has 284 valence electrons. The number of hydrazine groups is 1. The summed E-state index contributed by atoms with van der Waals surface area (Å²) in [7, 11) is -1.37. The summed E-state index contributed by atoms with van der Waals surface area (Å²) in [6.45, 7) is 2.82. The zero-order valence-corrected chi connectivity index (χ0v) is 34.0. The lowest BCUT2D eigenvalue weighted by Crippen LogP contribution is -2.40. The Morgan fingerprint density at radius 3 is 1.60 bits per heavy atom. The molecule has 0 bridgehead atoms. The van der Waals surface area contributed by atoms with E-state index in [-0.39, 0.29) is 39.8 Å². The summed E-state index contributed by atoms with van der Waals surface area (Å²) >= 11 is 6.63.